The van der Waals surface area contributed by atoms with Crippen LogP contribution in [0.3, 0.4) is 0 Å². The van der Waals surface area contributed by atoms with Crippen molar-refractivity contribution in [1.82, 2.24) is 0 Å². The van der Waals surface area contributed by atoms with E-state index in [1.54, 1.807) is 6.08 Å². The number of rotatable bonds is 4. The van der Waals surface area contributed by atoms with Gasteiger partial charge < -0.3 is 9.84 Å². The molecule has 0 bridgehead atoms. The fourth-order valence-electron chi connectivity index (χ4n) is 2.12. The van der Waals surface area contributed by atoms with Gasteiger partial charge in [0.05, 0.1) is 4.91 Å². The van der Waals surface area contributed by atoms with Gasteiger partial charge in [0, 0.05) is 4.90 Å². The molecule has 0 saturated heterocycles. The normalized spacial score (nSPS) is 19.0. The van der Waals surface area contributed by atoms with Gasteiger partial charge in [-0.3, -0.25) is 0 Å². The Balaban J connectivity index is 1.76. The van der Waals surface area contributed by atoms with Gasteiger partial charge in [-0.2, -0.15) is 0 Å². The maximum atomic E-state index is 11.9. The van der Waals surface area contributed by atoms with Crippen molar-refractivity contribution in [3.05, 3.63) is 77.2 Å². The number of esters is 1. The molecule has 1 aliphatic heterocycles. The molecule has 2 aromatic carbocycles. The van der Waals surface area contributed by atoms with Crippen molar-refractivity contribution in [3.8, 4) is 0 Å². The first-order valence-electron chi connectivity index (χ1n) is 6.63. The van der Waals surface area contributed by atoms with Gasteiger partial charge in [0.15, 0.2) is 6.10 Å². The molecule has 2 aromatic rings. The predicted molar refractivity (Wildman–Crippen MR) is 81.7 cm³/mol. The van der Waals surface area contributed by atoms with Crippen molar-refractivity contribution in [2.75, 3.05) is 0 Å². The molecule has 106 valence electrons. The van der Waals surface area contributed by atoms with Crippen molar-refractivity contribution < 1.29 is 14.6 Å². The molecule has 3 rings (SSSR count). The number of cyclic esters (lactones) is 1. The van der Waals surface area contributed by atoms with Crippen molar-refractivity contribution in [1.29, 1.82) is 0 Å². The maximum Gasteiger partial charge on any atom is 0.345 e. The Morgan fingerprint density at radius 3 is 2.29 bits per heavy atom. The fourth-order valence-corrected chi connectivity index (χ4v) is 3.00. The SMILES string of the molecule is O=C1O[C@@H]([C@H](O)c2ccccc2)C=C1Sc1ccccc1. The Bertz CT molecular complexity index is 652. The number of carbonyl (C=O) groups excluding carboxylic acids is 1. The molecule has 0 spiro atoms. The van der Waals surface area contributed by atoms with E-state index in [2.05, 4.69) is 0 Å². The number of ether oxygens (including phenoxy) is 1. The topological polar surface area (TPSA) is 46.5 Å². The molecule has 4 heteroatoms. The lowest BCUT2D eigenvalue weighted by molar-refractivity contribution is -0.143. The Kier molecular flexibility index (Phi) is 4.08. The highest BCUT2D eigenvalue weighted by molar-refractivity contribution is 8.04. The number of aliphatic hydroxyl groups is 1. The average molecular weight is 298 g/mol. The number of hydrogen-bond donors (Lipinski definition) is 1. The molecule has 1 N–H and O–H groups in total. The lowest BCUT2D eigenvalue weighted by Gasteiger charge is -2.15. The smallest absolute Gasteiger partial charge is 0.345 e. The predicted octanol–water partition coefficient (Wildman–Crippen LogP) is 3.32. The fraction of sp³-hybridized carbons (Fsp3) is 0.118. The summed E-state index contributed by atoms with van der Waals surface area (Å²) in [5.41, 5.74) is 0.734. The van der Waals surface area contributed by atoms with Crippen LogP contribution in [0.25, 0.3) is 0 Å². The Morgan fingerprint density at radius 1 is 1.00 bits per heavy atom. The van der Waals surface area contributed by atoms with Crippen LogP contribution in [0.2, 0.25) is 0 Å². The molecule has 1 aliphatic rings. The molecule has 0 aliphatic carbocycles. The summed E-state index contributed by atoms with van der Waals surface area (Å²) in [6, 6.07) is 18.8. The molecular weight excluding hydrogens is 284 g/mol. The van der Waals surface area contributed by atoms with E-state index in [1.807, 2.05) is 60.7 Å². The third-order valence-electron chi connectivity index (χ3n) is 3.18. The lowest BCUT2D eigenvalue weighted by atomic mass is 10.1. The molecule has 21 heavy (non-hydrogen) atoms. The first-order valence-corrected chi connectivity index (χ1v) is 7.44. The van der Waals surface area contributed by atoms with Gasteiger partial charge in [-0.05, 0) is 23.8 Å². The molecule has 0 radical (unpaired) electrons. The van der Waals surface area contributed by atoms with E-state index >= 15 is 0 Å². The van der Waals surface area contributed by atoms with Gasteiger partial charge in [-0.25, -0.2) is 4.79 Å². The first-order chi connectivity index (χ1) is 10.2. The van der Waals surface area contributed by atoms with Crippen LogP contribution in [0.4, 0.5) is 0 Å². The molecule has 0 amide bonds. The summed E-state index contributed by atoms with van der Waals surface area (Å²) >= 11 is 1.35. The quantitative estimate of drug-likeness (QED) is 0.880. The van der Waals surface area contributed by atoms with Crippen molar-refractivity contribution in [2.45, 2.75) is 17.1 Å². The largest absolute Gasteiger partial charge is 0.451 e. The van der Waals surface area contributed by atoms with E-state index in [4.69, 9.17) is 4.74 Å². The van der Waals surface area contributed by atoms with Crippen LogP contribution in [0.15, 0.2) is 76.5 Å². The average Bonchev–Trinajstić information content (AvgIpc) is 2.89. The number of thioether (sulfide) groups is 1. The van der Waals surface area contributed by atoms with Crippen LogP contribution < -0.4 is 0 Å². The molecule has 0 aromatic heterocycles. The maximum absolute atomic E-state index is 11.9. The standard InChI is InChI=1S/C17H14O3S/c18-16(12-7-3-1-4-8-12)14-11-15(17(19)20-14)21-13-9-5-2-6-10-13/h1-11,14,16,18H/t14-,16-/m1/s1. The summed E-state index contributed by atoms with van der Waals surface area (Å²) < 4.78 is 5.26. The minimum atomic E-state index is -0.843. The second-order valence-corrected chi connectivity index (χ2v) is 5.79. The molecule has 0 saturated carbocycles. The van der Waals surface area contributed by atoms with Crippen LogP contribution in [-0.4, -0.2) is 17.2 Å². The van der Waals surface area contributed by atoms with Gasteiger partial charge in [0.2, 0.25) is 0 Å². The number of benzene rings is 2. The zero-order chi connectivity index (χ0) is 14.7. The van der Waals surface area contributed by atoms with Crippen LogP contribution >= 0.6 is 11.8 Å². The van der Waals surface area contributed by atoms with Crippen molar-refractivity contribution in [3.63, 3.8) is 0 Å². The third-order valence-corrected chi connectivity index (χ3v) is 4.21. The summed E-state index contributed by atoms with van der Waals surface area (Å²) in [5.74, 6) is -0.385. The minimum absolute atomic E-state index is 0.385. The van der Waals surface area contributed by atoms with Gasteiger partial charge >= 0.3 is 5.97 Å². The van der Waals surface area contributed by atoms with Gasteiger partial charge in [-0.1, -0.05) is 60.3 Å². The van der Waals surface area contributed by atoms with Crippen LogP contribution in [0.1, 0.15) is 11.7 Å². The summed E-state index contributed by atoms with van der Waals surface area (Å²) in [4.78, 5) is 13.4. The van der Waals surface area contributed by atoms with E-state index < -0.39 is 12.2 Å². The molecule has 3 nitrogen and oxygen atoms in total. The number of carbonyl (C=O) groups is 1. The monoisotopic (exact) mass is 298 g/mol. The summed E-state index contributed by atoms with van der Waals surface area (Å²) in [7, 11) is 0. The van der Waals surface area contributed by atoms with E-state index in [0.717, 1.165) is 10.5 Å². The van der Waals surface area contributed by atoms with Gasteiger partial charge in [0.25, 0.3) is 0 Å². The van der Waals surface area contributed by atoms with Crippen molar-refractivity contribution in [2.24, 2.45) is 0 Å². The zero-order valence-corrected chi connectivity index (χ0v) is 12.0. The lowest BCUT2D eigenvalue weighted by Crippen LogP contribution is -2.18. The highest BCUT2D eigenvalue weighted by atomic mass is 32.2. The molecule has 0 fully saturated rings. The Morgan fingerprint density at radius 2 is 1.62 bits per heavy atom. The van der Waals surface area contributed by atoms with E-state index in [9.17, 15) is 9.90 Å². The number of hydrogen-bond acceptors (Lipinski definition) is 4. The molecule has 0 unspecified atom stereocenters. The van der Waals surface area contributed by atoms with E-state index in [1.165, 1.54) is 11.8 Å². The summed E-state index contributed by atoms with van der Waals surface area (Å²) in [5, 5.41) is 10.3. The molecule has 1 heterocycles. The van der Waals surface area contributed by atoms with E-state index in [-0.39, 0.29) is 5.97 Å². The first kappa shape index (κ1) is 13.9. The third kappa shape index (κ3) is 3.17. The molecule has 2 atom stereocenters. The van der Waals surface area contributed by atoms with Gasteiger partial charge in [-0.15, -0.1) is 0 Å². The summed E-state index contributed by atoms with van der Waals surface area (Å²) in [6.45, 7) is 0. The minimum Gasteiger partial charge on any atom is -0.451 e. The highest BCUT2D eigenvalue weighted by Crippen LogP contribution is 2.34. The van der Waals surface area contributed by atoms with Crippen LogP contribution in [-0.2, 0) is 9.53 Å². The zero-order valence-electron chi connectivity index (χ0n) is 11.2. The van der Waals surface area contributed by atoms with Crippen LogP contribution in [0.5, 0.6) is 0 Å². The van der Waals surface area contributed by atoms with Gasteiger partial charge in [0.1, 0.15) is 6.10 Å². The Hall–Kier alpha value is -2.04. The number of aliphatic hydroxyl groups excluding tert-OH is 1. The van der Waals surface area contributed by atoms with Crippen LogP contribution in [0, 0.1) is 0 Å². The van der Waals surface area contributed by atoms with E-state index in [0.29, 0.717) is 4.91 Å². The highest BCUT2D eigenvalue weighted by Gasteiger charge is 2.32. The summed E-state index contributed by atoms with van der Waals surface area (Å²) in [6.07, 6.45) is 0.215. The molecular formula is C17H14O3S. The second-order valence-electron chi connectivity index (χ2n) is 4.67. The Labute approximate surface area is 127 Å². The second kappa shape index (κ2) is 6.16. The van der Waals surface area contributed by atoms with Crippen molar-refractivity contribution >= 4 is 17.7 Å².